The fourth-order valence-corrected chi connectivity index (χ4v) is 4.20. The van der Waals surface area contributed by atoms with E-state index < -0.39 is 0 Å². The van der Waals surface area contributed by atoms with Crippen LogP contribution in [0, 0.1) is 5.41 Å². The highest BCUT2D eigenvalue weighted by Crippen LogP contribution is 2.47. The van der Waals surface area contributed by atoms with Crippen LogP contribution in [-0.4, -0.2) is 49.7 Å². The minimum absolute atomic E-state index is 0. The predicted molar refractivity (Wildman–Crippen MR) is 110 cm³/mol. The molecule has 1 N–H and O–H groups in total. The molecule has 140 valence electrons. The van der Waals surface area contributed by atoms with E-state index in [1.165, 1.54) is 38.6 Å². The van der Waals surface area contributed by atoms with Gasteiger partial charge in [0.15, 0.2) is 5.96 Å². The molecule has 2 saturated heterocycles. The van der Waals surface area contributed by atoms with Crippen molar-refractivity contribution in [3.8, 4) is 0 Å². The summed E-state index contributed by atoms with van der Waals surface area (Å²) < 4.78 is 11.2. The van der Waals surface area contributed by atoms with Gasteiger partial charge in [0, 0.05) is 32.7 Å². The Bertz CT molecular complexity index is 551. The Morgan fingerprint density at radius 3 is 2.88 bits per heavy atom. The number of guanidine groups is 1. The van der Waals surface area contributed by atoms with Crippen molar-refractivity contribution in [1.82, 2.24) is 10.2 Å². The Morgan fingerprint density at radius 2 is 2.24 bits per heavy atom. The summed E-state index contributed by atoms with van der Waals surface area (Å²) in [5.41, 5.74) is 0.591. The van der Waals surface area contributed by atoms with Gasteiger partial charge in [-0.3, -0.25) is 4.99 Å². The number of likely N-dealkylation sites (tertiary alicyclic amines) is 1. The first-order valence-corrected chi connectivity index (χ1v) is 9.50. The van der Waals surface area contributed by atoms with Crippen LogP contribution in [0.1, 0.15) is 44.3 Å². The standard InChI is InChI=1S/C19H29N3O2.HI/c1-4-16(23-12-1)6-10-20-18(21-14-17-5-2-13-24-17)22-11-9-19(15-22)7-3-8-19;/h1,4,12,17H,2-3,5-11,13-15H2,(H,20,21);1H. The lowest BCUT2D eigenvalue weighted by Gasteiger charge is -2.38. The van der Waals surface area contributed by atoms with Crippen LogP contribution in [0.5, 0.6) is 0 Å². The monoisotopic (exact) mass is 459 g/mol. The second-order valence-corrected chi connectivity index (χ2v) is 7.58. The minimum Gasteiger partial charge on any atom is -0.469 e. The lowest BCUT2D eigenvalue weighted by Crippen LogP contribution is -2.43. The van der Waals surface area contributed by atoms with Gasteiger partial charge in [0.05, 0.1) is 18.9 Å². The lowest BCUT2D eigenvalue weighted by atomic mass is 9.68. The van der Waals surface area contributed by atoms with E-state index >= 15 is 0 Å². The van der Waals surface area contributed by atoms with Crippen molar-refractivity contribution in [3.05, 3.63) is 24.2 Å². The molecule has 3 fully saturated rings. The van der Waals surface area contributed by atoms with Crippen LogP contribution in [0.15, 0.2) is 27.8 Å². The summed E-state index contributed by atoms with van der Waals surface area (Å²) in [5, 5.41) is 3.57. The maximum atomic E-state index is 5.73. The quantitative estimate of drug-likeness (QED) is 0.417. The molecule has 1 aliphatic carbocycles. The first kappa shape index (κ1) is 19.0. The van der Waals surface area contributed by atoms with Crippen LogP contribution in [-0.2, 0) is 11.2 Å². The number of nitrogens with zero attached hydrogens (tertiary/aromatic N) is 2. The van der Waals surface area contributed by atoms with Gasteiger partial charge in [0.1, 0.15) is 5.76 Å². The zero-order valence-electron chi connectivity index (χ0n) is 14.9. The van der Waals surface area contributed by atoms with Crippen molar-refractivity contribution in [2.24, 2.45) is 10.4 Å². The van der Waals surface area contributed by atoms with Gasteiger partial charge in [-0.05, 0) is 49.7 Å². The first-order valence-electron chi connectivity index (χ1n) is 9.50. The summed E-state index contributed by atoms with van der Waals surface area (Å²) >= 11 is 0. The van der Waals surface area contributed by atoms with Gasteiger partial charge in [-0.1, -0.05) is 6.42 Å². The highest BCUT2D eigenvalue weighted by Gasteiger charge is 2.43. The molecule has 0 aromatic carbocycles. The molecule has 2 aliphatic heterocycles. The number of ether oxygens (including phenoxy) is 1. The summed E-state index contributed by atoms with van der Waals surface area (Å²) in [4.78, 5) is 7.37. The predicted octanol–water partition coefficient (Wildman–Crippen LogP) is 3.44. The van der Waals surface area contributed by atoms with Crippen LogP contribution < -0.4 is 5.32 Å². The number of aliphatic imine (C=N–C) groups is 1. The smallest absolute Gasteiger partial charge is 0.194 e. The maximum Gasteiger partial charge on any atom is 0.194 e. The molecule has 6 heteroatoms. The lowest BCUT2D eigenvalue weighted by molar-refractivity contribution is 0.117. The largest absolute Gasteiger partial charge is 0.469 e. The average Bonchev–Trinajstić information content (AvgIpc) is 3.31. The van der Waals surface area contributed by atoms with Gasteiger partial charge < -0.3 is 19.4 Å². The highest BCUT2D eigenvalue weighted by atomic mass is 127. The summed E-state index contributed by atoms with van der Waals surface area (Å²) in [6.07, 6.45) is 10.8. The Hall–Kier alpha value is -0.760. The number of nitrogens with one attached hydrogen (secondary N) is 1. The molecule has 5 nitrogen and oxygen atoms in total. The van der Waals surface area contributed by atoms with Gasteiger partial charge in [-0.25, -0.2) is 0 Å². The van der Waals surface area contributed by atoms with Gasteiger partial charge >= 0.3 is 0 Å². The van der Waals surface area contributed by atoms with E-state index in [0.717, 1.165) is 50.8 Å². The number of hydrogen-bond acceptors (Lipinski definition) is 3. The number of hydrogen-bond donors (Lipinski definition) is 1. The molecule has 1 atom stereocenters. The Morgan fingerprint density at radius 1 is 1.32 bits per heavy atom. The molecule has 1 saturated carbocycles. The van der Waals surface area contributed by atoms with Gasteiger partial charge in [0.2, 0.25) is 0 Å². The fourth-order valence-electron chi connectivity index (χ4n) is 4.20. The van der Waals surface area contributed by atoms with Gasteiger partial charge in [0.25, 0.3) is 0 Å². The molecular weight excluding hydrogens is 429 g/mol. The van der Waals surface area contributed by atoms with Crippen molar-refractivity contribution in [2.45, 2.75) is 51.0 Å². The third-order valence-corrected chi connectivity index (χ3v) is 5.86. The van der Waals surface area contributed by atoms with Crippen molar-refractivity contribution in [1.29, 1.82) is 0 Å². The number of halogens is 1. The number of rotatable bonds is 5. The first-order chi connectivity index (χ1) is 11.8. The minimum atomic E-state index is 0. The van der Waals surface area contributed by atoms with E-state index in [4.69, 9.17) is 14.1 Å². The molecule has 0 radical (unpaired) electrons. The van der Waals surface area contributed by atoms with Crippen LogP contribution in [0.2, 0.25) is 0 Å². The normalized spacial score (nSPS) is 25.0. The van der Waals surface area contributed by atoms with E-state index in [1.807, 2.05) is 12.1 Å². The Kier molecular flexibility index (Phi) is 6.66. The molecule has 0 bridgehead atoms. The molecule has 4 rings (SSSR count). The van der Waals surface area contributed by atoms with E-state index in [9.17, 15) is 0 Å². The van der Waals surface area contributed by atoms with Crippen LogP contribution in [0.4, 0.5) is 0 Å². The zero-order chi connectivity index (χ0) is 16.2. The summed E-state index contributed by atoms with van der Waals surface area (Å²) in [5.74, 6) is 2.10. The molecule has 3 aliphatic rings. The van der Waals surface area contributed by atoms with Crippen molar-refractivity contribution < 1.29 is 9.15 Å². The SMILES string of the molecule is I.c1coc(CCNC(=NCC2CCCO2)N2CCC3(CCC3)C2)c1. The van der Waals surface area contributed by atoms with Crippen molar-refractivity contribution in [2.75, 3.05) is 32.8 Å². The molecule has 0 amide bonds. The van der Waals surface area contributed by atoms with Crippen LogP contribution in [0.25, 0.3) is 0 Å². The van der Waals surface area contributed by atoms with Crippen LogP contribution >= 0.6 is 24.0 Å². The fraction of sp³-hybridized carbons (Fsp3) is 0.737. The van der Waals surface area contributed by atoms with Gasteiger partial charge in [-0.2, -0.15) is 0 Å². The molecule has 3 heterocycles. The maximum absolute atomic E-state index is 5.73. The van der Waals surface area contributed by atoms with E-state index in [0.29, 0.717) is 11.5 Å². The highest BCUT2D eigenvalue weighted by molar-refractivity contribution is 14.0. The second-order valence-electron chi connectivity index (χ2n) is 7.58. The third kappa shape index (κ3) is 4.70. The van der Waals surface area contributed by atoms with Crippen molar-refractivity contribution in [3.63, 3.8) is 0 Å². The van der Waals surface area contributed by atoms with E-state index in [1.54, 1.807) is 6.26 Å². The molecule has 1 aromatic heterocycles. The Labute approximate surface area is 167 Å². The molecule has 1 unspecified atom stereocenters. The molecule has 25 heavy (non-hydrogen) atoms. The second kappa shape index (κ2) is 8.75. The summed E-state index contributed by atoms with van der Waals surface area (Å²) in [6, 6.07) is 3.98. The number of furan rings is 1. The van der Waals surface area contributed by atoms with Crippen LogP contribution in [0.3, 0.4) is 0 Å². The molecule has 1 spiro atoms. The van der Waals surface area contributed by atoms with E-state index in [2.05, 4.69) is 10.2 Å². The van der Waals surface area contributed by atoms with Crippen molar-refractivity contribution >= 4 is 29.9 Å². The Balaban J connectivity index is 0.00000182. The topological polar surface area (TPSA) is 50.0 Å². The van der Waals surface area contributed by atoms with Gasteiger partial charge in [-0.15, -0.1) is 24.0 Å². The average molecular weight is 459 g/mol. The zero-order valence-corrected chi connectivity index (χ0v) is 17.2. The molecule has 1 aromatic rings. The van der Waals surface area contributed by atoms with E-state index in [-0.39, 0.29) is 24.0 Å². The summed E-state index contributed by atoms with van der Waals surface area (Å²) in [6.45, 7) is 4.85. The third-order valence-electron chi connectivity index (χ3n) is 5.86. The summed E-state index contributed by atoms with van der Waals surface area (Å²) in [7, 11) is 0. The molecular formula is C19H30IN3O2.